The van der Waals surface area contributed by atoms with Crippen LogP contribution in [0.25, 0.3) is 0 Å². The molecule has 1 fully saturated rings. The average Bonchev–Trinajstić information content (AvgIpc) is 2.03. The fourth-order valence-corrected chi connectivity index (χ4v) is 2.43. The molecule has 2 heteroatoms. The number of rotatable bonds is 1. The Morgan fingerprint density at radius 3 is 2.15 bits per heavy atom. The minimum absolute atomic E-state index is 0.390. The van der Waals surface area contributed by atoms with E-state index in [1.54, 1.807) is 0 Å². The molecule has 0 spiro atoms. The van der Waals surface area contributed by atoms with Gasteiger partial charge in [-0.1, -0.05) is 20.8 Å². The molecule has 13 heavy (non-hydrogen) atoms. The Morgan fingerprint density at radius 1 is 1.15 bits per heavy atom. The van der Waals surface area contributed by atoms with Gasteiger partial charge in [0.1, 0.15) is 6.04 Å². The second-order valence-electron chi connectivity index (χ2n) is 5.74. The largest absolute Gasteiger partial charge is 0.178 e. The first kappa shape index (κ1) is 9.17. The van der Waals surface area contributed by atoms with Crippen molar-refractivity contribution in [2.24, 2.45) is 10.5 Å². The van der Waals surface area contributed by atoms with Gasteiger partial charge >= 0.3 is 0 Å². The summed E-state index contributed by atoms with van der Waals surface area (Å²) in [7, 11) is 0. The van der Waals surface area contributed by atoms with E-state index in [0.29, 0.717) is 11.5 Å². The van der Waals surface area contributed by atoms with Crippen LogP contribution in [0.2, 0.25) is 0 Å². The van der Waals surface area contributed by atoms with Gasteiger partial charge in [0.15, 0.2) is 12.6 Å². The SMILES string of the molecule is CC(C)(C)C[N+]1=NC2CCC1CC2. The molecule has 2 aliphatic heterocycles. The van der Waals surface area contributed by atoms with Crippen LogP contribution in [0.4, 0.5) is 0 Å². The molecule has 3 aliphatic rings. The molecule has 0 unspecified atom stereocenters. The van der Waals surface area contributed by atoms with E-state index in [-0.39, 0.29) is 0 Å². The van der Waals surface area contributed by atoms with Gasteiger partial charge in [-0.25, -0.2) is 0 Å². The molecular weight excluding hydrogens is 160 g/mol. The Kier molecular flexibility index (Phi) is 2.17. The van der Waals surface area contributed by atoms with E-state index in [1.807, 2.05) is 0 Å². The number of azo groups is 2. The van der Waals surface area contributed by atoms with Crippen molar-refractivity contribution < 1.29 is 4.70 Å². The summed E-state index contributed by atoms with van der Waals surface area (Å²) in [5, 5.41) is 4.77. The number of hydrogen-bond donors (Lipinski definition) is 0. The van der Waals surface area contributed by atoms with E-state index in [2.05, 4.69) is 25.5 Å². The van der Waals surface area contributed by atoms with Crippen molar-refractivity contribution in [2.45, 2.75) is 58.5 Å². The molecule has 2 heterocycles. The van der Waals surface area contributed by atoms with E-state index >= 15 is 0 Å². The molecule has 0 atom stereocenters. The van der Waals surface area contributed by atoms with Gasteiger partial charge in [0, 0.05) is 18.3 Å². The quantitative estimate of drug-likeness (QED) is 0.553. The van der Waals surface area contributed by atoms with Crippen LogP contribution in [0.3, 0.4) is 0 Å². The molecule has 74 valence electrons. The van der Waals surface area contributed by atoms with Crippen molar-refractivity contribution in [1.29, 1.82) is 0 Å². The first-order valence-electron chi connectivity index (χ1n) is 5.52. The highest BCUT2D eigenvalue weighted by molar-refractivity contribution is 4.78. The predicted molar refractivity (Wildman–Crippen MR) is 53.1 cm³/mol. The lowest BCUT2D eigenvalue weighted by atomic mass is 9.88. The molecule has 1 aliphatic carbocycles. The van der Waals surface area contributed by atoms with E-state index < -0.39 is 0 Å². The highest BCUT2D eigenvalue weighted by Crippen LogP contribution is 2.30. The van der Waals surface area contributed by atoms with Crippen LogP contribution in [0.15, 0.2) is 5.11 Å². The molecule has 0 aromatic rings. The van der Waals surface area contributed by atoms with Crippen molar-refractivity contribution in [3.63, 3.8) is 0 Å². The molecule has 0 radical (unpaired) electrons. The zero-order valence-corrected chi connectivity index (χ0v) is 9.08. The molecule has 1 saturated carbocycles. The van der Waals surface area contributed by atoms with Crippen LogP contribution >= 0.6 is 0 Å². The van der Waals surface area contributed by atoms with Gasteiger partial charge < -0.3 is 0 Å². The third-order valence-electron chi connectivity index (χ3n) is 3.04. The second kappa shape index (κ2) is 3.07. The predicted octanol–water partition coefficient (Wildman–Crippen LogP) is 2.82. The summed E-state index contributed by atoms with van der Waals surface area (Å²) in [4.78, 5) is 0. The molecule has 0 aromatic heterocycles. The number of hydrogen-bond acceptors (Lipinski definition) is 1. The van der Waals surface area contributed by atoms with Crippen LogP contribution in [0, 0.1) is 5.41 Å². The summed E-state index contributed by atoms with van der Waals surface area (Å²) in [6, 6.07) is 1.43. The van der Waals surface area contributed by atoms with Crippen LogP contribution < -0.4 is 0 Å². The number of nitrogens with zero attached hydrogens (tertiary/aromatic N) is 2. The topological polar surface area (TPSA) is 15.4 Å². The molecular formula is C11H21N2+. The van der Waals surface area contributed by atoms with Gasteiger partial charge in [0.05, 0.1) is 0 Å². The molecule has 3 rings (SSSR count). The third kappa shape index (κ3) is 2.09. The zero-order chi connectivity index (χ0) is 9.47. The van der Waals surface area contributed by atoms with Gasteiger partial charge in [0.2, 0.25) is 0 Å². The van der Waals surface area contributed by atoms with Crippen molar-refractivity contribution in [1.82, 2.24) is 0 Å². The summed E-state index contributed by atoms with van der Waals surface area (Å²) in [6.07, 6.45) is 5.44. The monoisotopic (exact) mass is 181 g/mol. The Balaban J connectivity index is 2.07. The molecule has 2 bridgehead atoms. The van der Waals surface area contributed by atoms with Crippen molar-refractivity contribution in [3.05, 3.63) is 0 Å². The maximum atomic E-state index is 4.77. The standard InChI is InChI=1S/C11H21N2/c1-11(2,3)8-13-10-6-4-9(12-13)5-7-10/h9-10H,4-8H2,1-3H3/q+1. The van der Waals surface area contributed by atoms with Crippen LogP contribution in [0.5, 0.6) is 0 Å². The molecule has 0 saturated heterocycles. The lowest BCUT2D eigenvalue weighted by molar-refractivity contribution is -0.655. The third-order valence-corrected chi connectivity index (χ3v) is 3.04. The minimum Gasteiger partial charge on any atom is -0.124 e. The first-order chi connectivity index (χ1) is 6.04. The van der Waals surface area contributed by atoms with Crippen LogP contribution in [-0.4, -0.2) is 23.3 Å². The van der Waals surface area contributed by atoms with Crippen molar-refractivity contribution in [2.75, 3.05) is 6.54 Å². The Labute approximate surface area is 81.0 Å². The Hall–Kier alpha value is -0.400. The first-order valence-corrected chi connectivity index (χ1v) is 5.52. The Morgan fingerprint density at radius 2 is 1.77 bits per heavy atom. The smallest absolute Gasteiger partial charge is 0.124 e. The summed E-state index contributed by atoms with van der Waals surface area (Å²) in [5.41, 5.74) is 0.390. The molecule has 2 nitrogen and oxygen atoms in total. The van der Waals surface area contributed by atoms with Crippen molar-refractivity contribution >= 4 is 0 Å². The summed E-state index contributed by atoms with van der Waals surface area (Å²) in [6.45, 7) is 8.02. The molecule has 0 aromatic carbocycles. The van der Waals surface area contributed by atoms with Crippen molar-refractivity contribution in [3.8, 4) is 0 Å². The van der Waals surface area contributed by atoms with Gasteiger partial charge in [-0.3, -0.25) is 0 Å². The van der Waals surface area contributed by atoms with Crippen LogP contribution in [0.1, 0.15) is 46.5 Å². The lowest BCUT2D eigenvalue weighted by Gasteiger charge is -2.30. The van der Waals surface area contributed by atoms with Crippen LogP contribution in [-0.2, 0) is 0 Å². The molecule has 0 amide bonds. The van der Waals surface area contributed by atoms with Gasteiger partial charge in [-0.15, -0.1) is 4.70 Å². The highest BCUT2D eigenvalue weighted by Gasteiger charge is 2.38. The normalized spacial score (nSPS) is 33.3. The summed E-state index contributed by atoms with van der Waals surface area (Å²) < 4.78 is 2.37. The van der Waals surface area contributed by atoms with E-state index in [4.69, 9.17) is 5.11 Å². The van der Waals surface area contributed by atoms with E-state index in [1.165, 1.54) is 25.7 Å². The number of fused-ring (bicyclic) bond motifs is 2. The second-order valence-corrected chi connectivity index (χ2v) is 5.74. The zero-order valence-electron chi connectivity index (χ0n) is 9.08. The Bertz CT molecular complexity index is 217. The van der Waals surface area contributed by atoms with E-state index in [9.17, 15) is 0 Å². The van der Waals surface area contributed by atoms with Gasteiger partial charge in [-0.05, 0) is 18.0 Å². The summed E-state index contributed by atoms with van der Waals surface area (Å²) >= 11 is 0. The highest BCUT2D eigenvalue weighted by atomic mass is 15.3. The summed E-state index contributed by atoms with van der Waals surface area (Å²) in [5.74, 6) is 0. The lowest BCUT2D eigenvalue weighted by Crippen LogP contribution is -2.41. The van der Waals surface area contributed by atoms with E-state index in [0.717, 1.165) is 12.6 Å². The maximum Gasteiger partial charge on any atom is 0.178 e. The maximum absolute atomic E-state index is 4.77. The fourth-order valence-electron chi connectivity index (χ4n) is 2.43. The van der Waals surface area contributed by atoms with Gasteiger partial charge in [-0.2, -0.15) is 0 Å². The fraction of sp³-hybridized carbons (Fsp3) is 1.00. The minimum atomic E-state index is 0.390. The van der Waals surface area contributed by atoms with Gasteiger partial charge in [0.25, 0.3) is 0 Å². The molecule has 0 N–H and O–H groups in total. The average molecular weight is 181 g/mol.